The van der Waals surface area contributed by atoms with E-state index in [4.69, 9.17) is 11.6 Å². The van der Waals surface area contributed by atoms with E-state index in [1.807, 2.05) is 31.2 Å². The summed E-state index contributed by atoms with van der Waals surface area (Å²) in [5, 5.41) is 7.91. The summed E-state index contributed by atoms with van der Waals surface area (Å²) < 4.78 is 3.94. The van der Waals surface area contributed by atoms with Crippen LogP contribution in [0.15, 0.2) is 64.3 Å². The SMILES string of the molecule is Cc1ccc(Cn2cnc3c(cnn3CCNC(=O)c3cc(Br)ccc3Cl)c2=O)cc1. The predicted octanol–water partition coefficient (Wildman–Crippen LogP) is 3.80. The van der Waals surface area contributed by atoms with Crippen molar-refractivity contribution in [2.45, 2.75) is 20.0 Å². The Morgan fingerprint density at radius 1 is 1.19 bits per heavy atom. The van der Waals surface area contributed by atoms with Crippen LogP contribution in [-0.2, 0) is 13.1 Å². The van der Waals surface area contributed by atoms with Crippen LogP contribution in [-0.4, -0.2) is 31.8 Å². The molecule has 0 saturated heterocycles. The topological polar surface area (TPSA) is 81.8 Å². The van der Waals surface area contributed by atoms with Crippen molar-refractivity contribution < 1.29 is 4.79 Å². The van der Waals surface area contributed by atoms with Gasteiger partial charge < -0.3 is 5.32 Å². The Hall–Kier alpha value is -2.97. The molecule has 0 aliphatic carbocycles. The molecule has 2 aromatic carbocycles. The monoisotopic (exact) mass is 499 g/mol. The molecule has 0 fully saturated rings. The van der Waals surface area contributed by atoms with Crippen LogP contribution in [0, 0.1) is 6.92 Å². The molecule has 1 amide bonds. The van der Waals surface area contributed by atoms with Crippen LogP contribution in [0.2, 0.25) is 5.02 Å². The molecule has 0 bridgehead atoms. The number of nitrogens with one attached hydrogen (secondary N) is 1. The van der Waals surface area contributed by atoms with Crippen molar-refractivity contribution in [1.82, 2.24) is 24.6 Å². The lowest BCUT2D eigenvalue weighted by Crippen LogP contribution is -2.28. The highest BCUT2D eigenvalue weighted by Gasteiger charge is 2.13. The molecule has 0 atom stereocenters. The van der Waals surface area contributed by atoms with Crippen LogP contribution >= 0.6 is 27.5 Å². The number of benzene rings is 2. The summed E-state index contributed by atoms with van der Waals surface area (Å²) in [5.41, 5.74) is 2.91. The standard InChI is InChI=1S/C22H19BrClN5O2/c1-14-2-4-15(5-3-14)12-28-13-26-20-18(22(28)31)11-27-29(20)9-8-25-21(30)17-10-16(23)6-7-19(17)24/h2-7,10-11,13H,8-9,12H2,1H3,(H,25,30). The number of amides is 1. The zero-order valence-electron chi connectivity index (χ0n) is 16.7. The number of hydrogen-bond donors (Lipinski definition) is 1. The molecule has 1 N–H and O–H groups in total. The number of nitrogens with zero attached hydrogens (tertiary/aromatic N) is 4. The molecular formula is C22H19BrClN5O2. The van der Waals surface area contributed by atoms with Gasteiger partial charge in [-0.1, -0.05) is 57.4 Å². The largest absolute Gasteiger partial charge is 0.350 e. The van der Waals surface area contributed by atoms with Crippen LogP contribution < -0.4 is 10.9 Å². The van der Waals surface area contributed by atoms with E-state index in [2.05, 4.69) is 31.3 Å². The number of carbonyl (C=O) groups is 1. The second-order valence-corrected chi connectivity index (χ2v) is 8.47. The Labute approximate surface area is 191 Å². The van der Waals surface area contributed by atoms with Gasteiger partial charge in [-0.25, -0.2) is 9.67 Å². The van der Waals surface area contributed by atoms with Crippen molar-refractivity contribution in [1.29, 1.82) is 0 Å². The molecule has 0 spiro atoms. The molecule has 0 saturated carbocycles. The molecule has 4 aromatic rings. The average molecular weight is 501 g/mol. The second kappa shape index (κ2) is 9.03. The molecule has 2 heterocycles. The Morgan fingerprint density at radius 2 is 1.97 bits per heavy atom. The van der Waals surface area contributed by atoms with Gasteiger partial charge in [0.2, 0.25) is 0 Å². The summed E-state index contributed by atoms with van der Waals surface area (Å²) >= 11 is 9.43. The number of fused-ring (bicyclic) bond motifs is 1. The zero-order valence-corrected chi connectivity index (χ0v) is 19.0. The fourth-order valence-corrected chi connectivity index (χ4v) is 3.77. The average Bonchev–Trinajstić information content (AvgIpc) is 3.17. The molecule has 0 aliphatic heterocycles. The van der Waals surface area contributed by atoms with Crippen molar-refractivity contribution in [3.05, 3.63) is 91.5 Å². The number of halogens is 2. The third-order valence-corrected chi connectivity index (χ3v) is 5.70. The fourth-order valence-electron chi connectivity index (χ4n) is 3.21. The number of hydrogen-bond acceptors (Lipinski definition) is 4. The maximum atomic E-state index is 12.8. The van der Waals surface area contributed by atoms with Crippen LogP contribution in [0.1, 0.15) is 21.5 Å². The van der Waals surface area contributed by atoms with Crippen LogP contribution in [0.25, 0.3) is 11.0 Å². The normalized spacial score (nSPS) is 11.1. The number of carbonyl (C=O) groups excluding carboxylic acids is 1. The summed E-state index contributed by atoms with van der Waals surface area (Å²) in [7, 11) is 0. The molecule has 2 aromatic heterocycles. The van der Waals surface area contributed by atoms with E-state index >= 15 is 0 Å². The molecule has 9 heteroatoms. The van der Waals surface area contributed by atoms with E-state index in [0.29, 0.717) is 41.3 Å². The lowest BCUT2D eigenvalue weighted by Gasteiger charge is -2.09. The number of aryl methyl sites for hydroxylation is 1. The minimum absolute atomic E-state index is 0.151. The van der Waals surface area contributed by atoms with Gasteiger partial charge in [0.15, 0.2) is 5.65 Å². The second-order valence-electron chi connectivity index (χ2n) is 7.15. The van der Waals surface area contributed by atoms with Gasteiger partial charge in [0.25, 0.3) is 11.5 Å². The fraction of sp³-hybridized carbons (Fsp3) is 0.182. The van der Waals surface area contributed by atoms with Gasteiger partial charge in [-0.3, -0.25) is 14.2 Å². The van der Waals surface area contributed by atoms with Gasteiger partial charge in [0.05, 0.1) is 29.9 Å². The van der Waals surface area contributed by atoms with Crippen molar-refractivity contribution in [3.63, 3.8) is 0 Å². The van der Waals surface area contributed by atoms with Crippen LogP contribution in [0.4, 0.5) is 0 Å². The first-order valence-corrected chi connectivity index (χ1v) is 10.8. The van der Waals surface area contributed by atoms with Gasteiger partial charge >= 0.3 is 0 Å². The zero-order chi connectivity index (χ0) is 22.0. The highest BCUT2D eigenvalue weighted by Crippen LogP contribution is 2.20. The van der Waals surface area contributed by atoms with Crippen LogP contribution in [0.5, 0.6) is 0 Å². The summed E-state index contributed by atoms with van der Waals surface area (Å²) in [6.45, 7) is 3.15. The van der Waals surface area contributed by atoms with Gasteiger partial charge in [-0.15, -0.1) is 0 Å². The minimum atomic E-state index is -0.281. The third-order valence-electron chi connectivity index (χ3n) is 4.88. The highest BCUT2D eigenvalue weighted by atomic mass is 79.9. The first kappa shape index (κ1) is 21.3. The Morgan fingerprint density at radius 3 is 2.74 bits per heavy atom. The van der Waals surface area contributed by atoms with Crippen molar-refractivity contribution in [2.75, 3.05) is 6.54 Å². The van der Waals surface area contributed by atoms with Gasteiger partial charge in [0, 0.05) is 11.0 Å². The smallest absolute Gasteiger partial charge is 0.264 e. The van der Waals surface area contributed by atoms with E-state index in [9.17, 15) is 9.59 Å². The molecule has 158 valence electrons. The van der Waals surface area contributed by atoms with Gasteiger partial charge in [-0.2, -0.15) is 5.10 Å². The molecule has 0 aliphatic rings. The predicted molar refractivity (Wildman–Crippen MR) is 124 cm³/mol. The summed E-state index contributed by atoms with van der Waals surface area (Å²) in [4.78, 5) is 29.6. The molecule has 0 unspecified atom stereocenters. The maximum Gasteiger partial charge on any atom is 0.264 e. The number of rotatable bonds is 6. The third kappa shape index (κ3) is 4.70. The molecule has 0 radical (unpaired) electrons. The van der Waals surface area contributed by atoms with E-state index in [1.165, 1.54) is 18.1 Å². The van der Waals surface area contributed by atoms with Crippen molar-refractivity contribution in [2.24, 2.45) is 0 Å². The number of aromatic nitrogens is 4. The quantitative estimate of drug-likeness (QED) is 0.437. The first-order valence-electron chi connectivity index (χ1n) is 9.62. The van der Waals surface area contributed by atoms with E-state index in [0.717, 1.165) is 10.0 Å². The Balaban J connectivity index is 1.46. The molecular weight excluding hydrogens is 482 g/mol. The minimum Gasteiger partial charge on any atom is -0.350 e. The first-order chi connectivity index (χ1) is 14.9. The summed E-state index contributed by atoms with van der Waals surface area (Å²) in [6.07, 6.45) is 3.05. The Bertz CT molecular complexity index is 1310. The van der Waals surface area contributed by atoms with Gasteiger partial charge in [-0.05, 0) is 30.7 Å². The summed E-state index contributed by atoms with van der Waals surface area (Å²) in [5.74, 6) is -0.281. The Kier molecular flexibility index (Phi) is 6.20. The molecule has 31 heavy (non-hydrogen) atoms. The van der Waals surface area contributed by atoms with Crippen molar-refractivity contribution >= 4 is 44.5 Å². The van der Waals surface area contributed by atoms with E-state index in [-0.39, 0.29) is 11.5 Å². The highest BCUT2D eigenvalue weighted by molar-refractivity contribution is 9.10. The van der Waals surface area contributed by atoms with Crippen molar-refractivity contribution in [3.8, 4) is 0 Å². The van der Waals surface area contributed by atoms with E-state index in [1.54, 1.807) is 27.4 Å². The van der Waals surface area contributed by atoms with Crippen LogP contribution in [0.3, 0.4) is 0 Å². The van der Waals surface area contributed by atoms with Gasteiger partial charge in [0.1, 0.15) is 11.7 Å². The molecule has 7 nitrogen and oxygen atoms in total. The molecule has 4 rings (SSSR count). The lowest BCUT2D eigenvalue weighted by atomic mass is 10.1. The maximum absolute atomic E-state index is 12.8. The summed E-state index contributed by atoms with van der Waals surface area (Å²) in [6, 6.07) is 13.1. The van der Waals surface area contributed by atoms with E-state index < -0.39 is 0 Å². The lowest BCUT2D eigenvalue weighted by molar-refractivity contribution is 0.0952.